The molecule has 4 N–H and O–H groups in total. The van der Waals surface area contributed by atoms with Crippen LogP contribution in [0.2, 0.25) is 0 Å². The number of hydrogen-bond donors (Lipinski definition) is 3. The van der Waals surface area contributed by atoms with Crippen molar-refractivity contribution >= 4 is 27.4 Å². The maximum Gasteiger partial charge on any atom is 0.320 e. The highest BCUT2D eigenvalue weighted by Gasteiger charge is 2.16. The van der Waals surface area contributed by atoms with E-state index in [-0.39, 0.29) is 0 Å². The van der Waals surface area contributed by atoms with Gasteiger partial charge in [-0.1, -0.05) is 6.07 Å². The van der Waals surface area contributed by atoms with Gasteiger partial charge in [-0.15, -0.1) is 0 Å². The maximum atomic E-state index is 11.3. The van der Waals surface area contributed by atoms with Crippen LogP contribution >= 0.6 is 0 Å². The lowest BCUT2D eigenvalue weighted by atomic mass is 10.2. The van der Waals surface area contributed by atoms with Crippen molar-refractivity contribution in [3.05, 3.63) is 23.8 Å². The highest BCUT2D eigenvalue weighted by atomic mass is 32.2. The molecule has 88 valence electrons. The summed E-state index contributed by atoms with van der Waals surface area (Å²) in [5, 5.41) is 8.41. The number of carboxylic acid groups (broad SMARTS) is 1. The average Bonchev–Trinajstić information content (AvgIpc) is 2.10. The number of hydrogen-bond acceptors (Lipinski definition) is 4. The number of aliphatic carboxylic acids is 1. The van der Waals surface area contributed by atoms with E-state index in [1.807, 2.05) is 0 Å². The summed E-state index contributed by atoms with van der Waals surface area (Å²) in [6.45, 7) is 1.65. The van der Waals surface area contributed by atoms with Crippen molar-refractivity contribution in [3.8, 4) is 0 Å². The Morgan fingerprint density at radius 2 is 2.12 bits per heavy atom. The van der Waals surface area contributed by atoms with Gasteiger partial charge in [0.1, 0.15) is 0 Å². The van der Waals surface area contributed by atoms with Crippen molar-refractivity contribution in [2.24, 2.45) is 0 Å². The molecule has 0 atom stereocenters. The Kier molecular flexibility index (Phi) is 3.38. The molecule has 0 saturated carbocycles. The summed E-state index contributed by atoms with van der Waals surface area (Å²) in [6.07, 6.45) is 0. The molecule has 0 amide bonds. The summed E-state index contributed by atoms with van der Waals surface area (Å²) < 4.78 is 24.9. The number of carboxylic acids is 1. The topological polar surface area (TPSA) is 109 Å². The normalized spacial score (nSPS) is 11.1. The molecule has 0 aliphatic carbocycles. The fraction of sp³-hybridized carbons (Fsp3) is 0.222. The minimum Gasteiger partial charge on any atom is -0.480 e. The third-order valence-electron chi connectivity index (χ3n) is 1.95. The third kappa shape index (κ3) is 3.13. The van der Waals surface area contributed by atoms with Gasteiger partial charge in [-0.2, -0.15) is 0 Å². The van der Waals surface area contributed by atoms with Crippen LogP contribution in [0.1, 0.15) is 5.56 Å². The van der Waals surface area contributed by atoms with E-state index < -0.39 is 21.7 Å². The number of benzene rings is 1. The zero-order valence-corrected chi connectivity index (χ0v) is 9.41. The molecule has 1 aromatic carbocycles. The van der Waals surface area contributed by atoms with Gasteiger partial charge in [-0.25, -0.2) is 8.42 Å². The monoisotopic (exact) mass is 244 g/mol. The Balaban J connectivity index is 2.97. The highest BCUT2D eigenvalue weighted by Crippen LogP contribution is 2.21. The van der Waals surface area contributed by atoms with Crippen LogP contribution in [0.4, 0.5) is 11.4 Å². The van der Waals surface area contributed by atoms with Crippen molar-refractivity contribution in [1.29, 1.82) is 0 Å². The molecule has 0 fully saturated rings. The standard InChI is InChI=1S/C9H12N2O4S/c1-6-7(10)3-2-4-8(6)11-16(14,15)5-9(12)13/h2-4,11H,5,10H2,1H3,(H,12,13). The average molecular weight is 244 g/mol. The summed E-state index contributed by atoms with van der Waals surface area (Å²) in [7, 11) is -3.88. The largest absolute Gasteiger partial charge is 0.480 e. The Morgan fingerprint density at radius 3 is 2.69 bits per heavy atom. The van der Waals surface area contributed by atoms with Crippen LogP contribution < -0.4 is 10.5 Å². The Hall–Kier alpha value is -1.76. The number of rotatable bonds is 4. The van der Waals surface area contributed by atoms with Crippen molar-refractivity contribution < 1.29 is 18.3 Å². The quantitative estimate of drug-likeness (QED) is 0.664. The van der Waals surface area contributed by atoms with Crippen LogP contribution in [0.15, 0.2) is 18.2 Å². The Labute approximate surface area is 93.1 Å². The van der Waals surface area contributed by atoms with Crippen LogP contribution in [0.3, 0.4) is 0 Å². The fourth-order valence-corrected chi connectivity index (χ4v) is 2.08. The molecule has 0 bridgehead atoms. The predicted octanol–water partition coefficient (Wildman–Crippen LogP) is 0.404. The number of sulfonamides is 1. The maximum absolute atomic E-state index is 11.3. The predicted molar refractivity (Wildman–Crippen MR) is 60.6 cm³/mol. The number of carbonyl (C=O) groups is 1. The van der Waals surface area contributed by atoms with Crippen molar-refractivity contribution in [1.82, 2.24) is 0 Å². The molecule has 0 aliphatic heterocycles. The molecule has 0 heterocycles. The van der Waals surface area contributed by atoms with Crippen LogP contribution in [0.25, 0.3) is 0 Å². The van der Waals surface area contributed by atoms with E-state index in [1.54, 1.807) is 19.1 Å². The van der Waals surface area contributed by atoms with Crippen molar-refractivity contribution in [3.63, 3.8) is 0 Å². The molecule has 0 unspecified atom stereocenters. The lowest BCUT2D eigenvalue weighted by molar-refractivity contribution is -0.134. The second kappa shape index (κ2) is 4.40. The summed E-state index contributed by atoms with van der Waals surface area (Å²) in [4.78, 5) is 10.3. The van der Waals surface area contributed by atoms with Gasteiger partial charge in [0.2, 0.25) is 10.0 Å². The molecule has 1 aromatic rings. The van der Waals surface area contributed by atoms with Gasteiger partial charge in [0, 0.05) is 5.69 Å². The van der Waals surface area contributed by atoms with Crippen molar-refractivity contribution in [2.45, 2.75) is 6.92 Å². The van der Waals surface area contributed by atoms with Gasteiger partial charge in [-0.05, 0) is 24.6 Å². The van der Waals surface area contributed by atoms with Gasteiger partial charge >= 0.3 is 5.97 Å². The number of nitrogen functional groups attached to an aromatic ring is 1. The summed E-state index contributed by atoms with van der Waals surface area (Å²) in [5.41, 5.74) is 6.89. The van der Waals surface area contributed by atoms with E-state index in [1.165, 1.54) is 6.07 Å². The highest BCUT2D eigenvalue weighted by molar-refractivity contribution is 7.93. The molecule has 6 nitrogen and oxygen atoms in total. The molecular weight excluding hydrogens is 232 g/mol. The number of anilines is 2. The van der Waals surface area contributed by atoms with Crippen LogP contribution in [0, 0.1) is 6.92 Å². The van der Waals surface area contributed by atoms with E-state index in [9.17, 15) is 13.2 Å². The van der Waals surface area contributed by atoms with Crippen LogP contribution in [0.5, 0.6) is 0 Å². The minimum absolute atomic E-state index is 0.293. The zero-order valence-electron chi connectivity index (χ0n) is 8.60. The lowest BCUT2D eigenvalue weighted by Gasteiger charge is -2.10. The number of nitrogens with two attached hydrogens (primary N) is 1. The third-order valence-corrected chi connectivity index (χ3v) is 3.11. The molecule has 0 aromatic heterocycles. The molecule has 0 saturated heterocycles. The lowest BCUT2D eigenvalue weighted by Crippen LogP contribution is -2.22. The first kappa shape index (κ1) is 12.3. The van der Waals surface area contributed by atoms with E-state index >= 15 is 0 Å². The molecule has 0 aliphatic rings. The summed E-state index contributed by atoms with van der Waals surface area (Å²) in [6, 6.07) is 4.73. The number of nitrogens with one attached hydrogen (secondary N) is 1. The Bertz CT molecular complexity index is 510. The molecule has 0 radical (unpaired) electrons. The van der Waals surface area contributed by atoms with E-state index in [2.05, 4.69) is 4.72 Å². The molecule has 16 heavy (non-hydrogen) atoms. The fourth-order valence-electron chi connectivity index (χ4n) is 1.13. The van der Waals surface area contributed by atoms with E-state index in [4.69, 9.17) is 10.8 Å². The molecule has 7 heteroatoms. The van der Waals surface area contributed by atoms with E-state index in [0.717, 1.165) is 0 Å². The second-order valence-electron chi connectivity index (χ2n) is 3.27. The van der Waals surface area contributed by atoms with Gasteiger partial charge in [-0.3, -0.25) is 9.52 Å². The first-order valence-electron chi connectivity index (χ1n) is 4.39. The van der Waals surface area contributed by atoms with E-state index in [0.29, 0.717) is 16.9 Å². The smallest absolute Gasteiger partial charge is 0.320 e. The summed E-state index contributed by atoms with van der Waals surface area (Å²) >= 11 is 0. The van der Waals surface area contributed by atoms with Crippen LogP contribution in [-0.2, 0) is 14.8 Å². The summed E-state index contributed by atoms with van der Waals surface area (Å²) in [5.74, 6) is -2.38. The van der Waals surface area contributed by atoms with Gasteiger partial charge in [0.25, 0.3) is 0 Å². The van der Waals surface area contributed by atoms with Gasteiger partial charge < -0.3 is 10.8 Å². The van der Waals surface area contributed by atoms with Gasteiger partial charge in [0.05, 0.1) is 5.69 Å². The first-order chi connectivity index (χ1) is 7.32. The van der Waals surface area contributed by atoms with Crippen LogP contribution in [-0.4, -0.2) is 25.2 Å². The minimum atomic E-state index is -3.88. The molecular formula is C9H12N2O4S. The van der Waals surface area contributed by atoms with Gasteiger partial charge in [0.15, 0.2) is 5.75 Å². The SMILES string of the molecule is Cc1c(N)cccc1NS(=O)(=O)CC(=O)O. The van der Waals surface area contributed by atoms with Crippen molar-refractivity contribution in [2.75, 3.05) is 16.2 Å². The molecule has 1 rings (SSSR count). The molecule has 0 spiro atoms. The Morgan fingerprint density at radius 1 is 1.50 bits per heavy atom. The first-order valence-corrected chi connectivity index (χ1v) is 6.04. The zero-order chi connectivity index (χ0) is 12.3. The second-order valence-corrected chi connectivity index (χ2v) is 5.00.